The molecule has 0 heterocycles. The molecule has 0 radical (unpaired) electrons. The quantitative estimate of drug-likeness (QED) is 0.289. The van der Waals surface area contributed by atoms with Crippen molar-refractivity contribution in [1.82, 2.24) is 10.6 Å². The number of ether oxygens (including phenoxy) is 1. The van der Waals surface area contributed by atoms with Gasteiger partial charge in [-0.15, -0.1) is 0 Å². The zero-order chi connectivity index (χ0) is 22.6. The fraction of sp³-hybridized carbons (Fsp3) is 0.522. The van der Waals surface area contributed by atoms with Crippen LogP contribution in [0.2, 0.25) is 0 Å². The highest BCUT2D eigenvalue weighted by molar-refractivity contribution is 5.90. The van der Waals surface area contributed by atoms with Gasteiger partial charge >= 0.3 is 0 Å². The first-order valence-corrected chi connectivity index (χ1v) is 10.5. The minimum absolute atomic E-state index is 0.195. The smallest absolute Gasteiger partial charge is 0.222 e. The SMILES string of the molecule is C=C(N=C(/C=C(/C)N)Oc1cccc(F)c1)NCCC(O)(CCC)CNCC(C)C. The van der Waals surface area contributed by atoms with E-state index in [-0.39, 0.29) is 5.90 Å². The van der Waals surface area contributed by atoms with E-state index in [0.29, 0.717) is 49.1 Å². The number of allylic oxidation sites excluding steroid dienone is 1. The standard InChI is InChI=1S/C23H37FN4O2/c1-6-10-23(29,16-26-15-17(2)3)11-12-27-19(5)28-22(13-18(4)25)30-21-9-7-8-20(24)14-21/h7-9,13-14,17,26-27,29H,5-6,10-12,15-16,25H2,1-4H3/b18-13-,28-22?. The van der Waals surface area contributed by atoms with E-state index in [1.807, 2.05) is 0 Å². The van der Waals surface area contributed by atoms with Crippen LogP contribution < -0.4 is 21.1 Å². The van der Waals surface area contributed by atoms with Gasteiger partial charge in [0.25, 0.3) is 0 Å². The van der Waals surface area contributed by atoms with Gasteiger partial charge in [0.1, 0.15) is 17.4 Å². The fourth-order valence-electron chi connectivity index (χ4n) is 2.90. The molecule has 0 spiro atoms. The van der Waals surface area contributed by atoms with Crippen molar-refractivity contribution in [1.29, 1.82) is 0 Å². The first kappa shape index (κ1) is 25.7. The van der Waals surface area contributed by atoms with E-state index < -0.39 is 11.4 Å². The van der Waals surface area contributed by atoms with Crippen LogP contribution in [0.1, 0.15) is 47.0 Å². The fourth-order valence-corrected chi connectivity index (χ4v) is 2.90. The second-order valence-corrected chi connectivity index (χ2v) is 8.02. The van der Waals surface area contributed by atoms with Crippen molar-refractivity contribution in [2.75, 3.05) is 19.6 Å². The topological polar surface area (TPSA) is 91.9 Å². The monoisotopic (exact) mass is 420 g/mol. The number of nitrogens with one attached hydrogen (secondary N) is 2. The lowest BCUT2D eigenvalue weighted by Gasteiger charge is -2.29. The first-order valence-electron chi connectivity index (χ1n) is 10.5. The summed E-state index contributed by atoms with van der Waals surface area (Å²) in [5, 5.41) is 17.3. The van der Waals surface area contributed by atoms with Crippen molar-refractivity contribution in [2.24, 2.45) is 16.6 Å². The lowest BCUT2D eigenvalue weighted by Crippen LogP contribution is -2.43. The van der Waals surface area contributed by atoms with Gasteiger partial charge in [-0.25, -0.2) is 4.39 Å². The Hall–Kier alpha value is -2.38. The van der Waals surface area contributed by atoms with E-state index in [9.17, 15) is 9.50 Å². The summed E-state index contributed by atoms with van der Waals surface area (Å²) in [6.45, 7) is 13.8. The van der Waals surface area contributed by atoms with Gasteiger partial charge in [-0.05, 0) is 44.4 Å². The molecule has 1 aromatic carbocycles. The minimum atomic E-state index is -0.796. The van der Waals surface area contributed by atoms with E-state index >= 15 is 0 Å². The Labute approximate surface area is 180 Å². The van der Waals surface area contributed by atoms with E-state index in [2.05, 4.69) is 43.0 Å². The van der Waals surface area contributed by atoms with Crippen molar-refractivity contribution in [3.8, 4) is 5.75 Å². The number of nitrogens with two attached hydrogens (primary N) is 1. The van der Waals surface area contributed by atoms with Gasteiger partial charge < -0.3 is 26.2 Å². The third-order valence-corrected chi connectivity index (χ3v) is 4.26. The Morgan fingerprint density at radius 1 is 1.40 bits per heavy atom. The van der Waals surface area contributed by atoms with E-state index in [4.69, 9.17) is 10.5 Å². The number of halogens is 1. The summed E-state index contributed by atoms with van der Waals surface area (Å²) in [5.41, 5.74) is 5.44. The molecule has 1 aromatic rings. The van der Waals surface area contributed by atoms with E-state index in [1.54, 1.807) is 25.1 Å². The third kappa shape index (κ3) is 11.0. The molecule has 0 aromatic heterocycles. The van der Waals surface area contributed by atoms with Crippen LogP contribution in [0.4, 0.5) is 4.39 Å². The van der Waals surface area contributed by atoms with Crippen molar-refractivity contribution >= 4 is 5.90 Å². The lowest BCUT2D eigenvalue weighted by atomic mass is 9.93. The number of hydrogen-bond donors (Lipinski definition) is 4. The molecular weight excluding hydrogens is 383 g/mol. The molecule has 0 saturated heterocycles. The average molecular weight is 421 g/mol. The molecule has 0 fully saturated rings. The van der Waals surface area contributed by atoms with E-state index in [0.717, 1.165) is 13.0 Å². The minimum Gasteiger partial charge on any atom is -0.439 e. The second-order valence-electron chi connectivity index (χ2n) is 8.02. The maximum atomic E-state index is 13.4. The maximum absolute atomic E-state index is 13.4. The molecule has 0 aliphatic carbocycles. The summed E-state index contributed by atoms with van der Waals surface area (Å²) >= 11 is 0. The van der Waals surface area contributed by atoms with Crippen molar-refractivity contribution < 1.29 is 14.2 Å². The molecule has 0 saturated carbocycles. The molecular formula is C23H37FN4O2. The molecule has 1 atom stereocenters. The number of aliphatic imine (C=N–C) groups is 1. The first-order chi connectivity index (χ1) is 14.1. The summed E-state index contributed by atoms with van der Waals surface area (Å²) in [6.07, 6.45) is 3.69. The van der Waals surface area contributed by atoms with Crippen molar-refractivity contribution in [3.05, 3.63) is 54.3 Å². The van der Waals surface area contributed by atoms with Gasteiger partial charge in [0.05, 0.1) is 5.60 Å². The van der Waals surface area contributed by atoms with Gasteiger partial charge in [-0.1, -0.05) is 39.8 Å². The van der Waals surface area contributed by atoms with Crippen LogP contribution in [0.3, 0.4) is 0 Å². The molecule has 0 bridgehead atoms. The Morgan fingerprint density at radius 3 is 2.73 bits per heavy atom. The largest absolute Gasteiger partial charge is 0.439 e. The maximum Gasteiger partial charge on any atom is 0.222 e. The molecule has 30 heavy (non-hydrogen) atoms. The molecule has 5 N–H and O–H groups in total. The number of aliphatic hydroxyl groups is 1. The second kappa shape index (κ2) is 13.0. The Bertz CT molecular complexity index is 730. The molecule has 1 rings (SSSR count). The number of hydrogen-bond acceptors (Lipinski definition) is 6. The molecule has 6 nitrogen and oxygen atoms in total. The molecule has 0 aliphatic rings. The van der Waals surface area contributed by atoms with Gasteiger partial charge in [0.2, 0.25) is 5.90 Å². The van der Waals surface area contributed by atoms with Crippen LogP contribution in [0, 0.1) is 11.7 Å². The number of benzene rings is 1. The number of rotatable bonds is 13. The highest BCUT2D eigenvalue weighted by Gasteiger charge is 2.25. The normalized spacial score (nSPS) is 14.5. The van der Waals surface area contributed by atoms with Gasteiger partial charge in [-0.2, -0.15) is 4.99 Å². The summed E-state index contributed by atoms with van der Waals surface area (Å²) < 4.78 is 19.0. The molecule has 0 aliphatic heterocycles. The molecule has 7 heteroatoms. The Morgan fingerprint density at radius 2 is 2.13 bits per heavy atom. The summed E-state index contributed by atoms with van der Waals surface area (Å²) in [4.78, 5) is 4.31. The predicted molar refractivity (Wildman–Crippen MR) is 122 cm³/mol. The van der Waals surface area contributed by atoms with E-state index in [1.165, 1.54) is 12.1 Å². The van der Waals surface area contributed by atoms with Crippen LogP contribution in [-0.4, -0.2) is 36.2 Å². The highest BCUT2D eigenvalue weighted by Crippen LogP contribution is 2.17. The van der Waals surface area contributed by atoms with Gasteiger partial charge in [0, 0.05) is 30.9 Å². The summed E-state index contributed by atoms with van der Waals surface area (Å²) in [5.74, 6) is 0.998. The lowest BCUT2D eigenvalue weighted by molar-refractivity contribution is 0.0229. The van der Waals surface area contributed by atoms with Crippen LogP contribution in [0.15, 0.2) is 53.4 Å². The van der Waals surface area contributed by atoms with Crippen LogP contribution in [0.5, 0.6) is 5.75 Å². The Balaban J connectivity index is 2.69. The van der Waals surface area contributed by atoms with Crippen LogP contribution >= 0.6 is 0 Å². The molecule has 1 unspecified atom stereocenters. The summed E-state index contributed by atoms with van der Waals surface area (Å²) in [7, 11) is 0. The molecule has 168 valence electrons. The van der Waals surface area contributed by atoms with Gasteiger partial charge in [-0.3, -0.25) is 0 Å². The van der Waals surface area contributed by atoms with Gasteiger partial charge in [0.15, 0.2) is 0 Å². The summed E-state index contributed by atoms with van der Waals surface area (Å²) in [6, 6.07) is 5.78. The van der Waals surface area contributed by atoms with Crippen molar-refractivity contribution in [2.45, 2.75) is 52.6 Å². The highest BCUT2D eigenvalue weighted by atomic mass is 19.1. The average Bonchev–Trinajstić information content (AvgIpc) is 2.61. The zero-order valence-electron chi connectivity index (χ0n) is 18.7. The van der Waals surface area contributed by atoms with Crippen LogP contribution in [-0.2, 0) is 0 Å². The predicted octanol–water partition coefficient (Wildman–Crippen LogP) is 3.69. The Kier molecular flexibility index (Phi) is 11.1. The third-order valence-electron chi connectivity index (χ3n) is 4.26. The molecule has 0 amide bonds. The van der Waals surface area contributed by atoms with Crippen LogP contribution in [0.25, 0.3) is 0 Å². The van der Waals surface area contributed by atoms with Crippen molar-refractivity contribution in [3.63, 3.8) is 0 Å². The zero-order valence-corrected chi connectivity index (χ0v) is 18.7. The number of nitrogens with zero attached hydrogens (tertiary/aromatic N) is 1.